The highest BCUT2D eigenvalue weighted by Gasteiger charge is 2.37. The number of anilines is 2. The lowest BCUT2D eigenvalue weighted by Gasteiger charge is -2.18. The molecule has 1 aliphatic heterocycles. The molecule has 0 aromatic heterocycles. The molecule has 0 fully saturated rings. The van der Waals surface area contributed by atoms with Crippen molar-refractivity contribution in [2.45, 2.75) is 0 Å². The van der Waals surface area contributed by atoms with Crippen molar-refractivity contribution >= 4 is 34.8 Å². The molecule has 1 N–H and O–H groups in total. The zero-order valence-corrected chi connectivity index (χ0v) is 17.3. The number of carbonyl (C=O) groups is 3. The molecule has 0 atom stereocenters. The number of nitro benzene ring substituents is 1. The van der Waals surface area contributed by atoms with Crippen LogP contribution in [0.1, 0.15) is 20.7 Å². The fourth-order valence-corrected chi connectivity index (χ4v) is 3.42. The van der Waals surface area contributed by atoms with Crippen LogP contribution >= 0.6 is 0 Å². The van der Waals surface area contributed by atoms with Crippen LogP contribution in [0.5, 0.6) is 11.5 Å². The van der Waals surface area contributed by atoms with Crippen LogP contribution in [0.15, 0.2) is 66.7 Å². The quantitative estimate of drug-likeness (QED) is 0.334. The first-order chi connectivity index (χ1) is 15.9. The standard InChI is InChI=1S/C23H17N3O7/c1-32-20-12-14(24-21(27)13-33-19-9-5-4-8-18(19)26(30)31)10-11-17(20)25-22(28)15-6-2-3-7-16(15)23(25)29/h2-12H,13H2,1H3,(H,24,27). The third-order valence-corrected chi connectivity index (χ3v) is 4.92. The van der Waals surface area contributed by atoms with Crippen molar-refractivity contribution in [3.8, 4) is 11.5 Å². The third kappa shape index (κ3) is 4.09. The molecule has 0 saturated carbocycles. The summed E-state index contributed by atoms with van der Waals surface area (Å²) in [4.78, 5) is 49.3. The summed E-state index contributed by atoms with van der Waals surface area (Å²) in [6, 6.07) is 16.7. The average Bonchev–Trinajstić information content (AvgIpc) is 3.08. The molecule has 10 nitrogen and oxygen atoms in total. The first-order valence-electron chi connectivity index (χ1n) is 9.72. The molecule has 1 aliphatic rings. The van der Waals surface area contributed by atoms with Gasteiger partial charge in [-0.2, -0.15) is 0 Å². The summed E-state index contributed by atoms with van der Waals surface area (Å²) in [6.45, 7) is -0.465. The summed E-state index contributed by atoms with van der Waals surface area (Å²) >= 11 is 0. The number of fused-ring (bicyclic) bond motifs is 1. The molecule has 0 spiro atoms. The molecule has 3 aromatic rings. The Balaban J connectivity index is 1.49. The number of benzene rings is 3. The first kappa shape index (κ1) is 21.5. The number of nitrogens with one attached hydrogen (secondary N) is 1. The van der Waals surface area contributed by atoms with Crippen LogP contribution < -0.4 is 19.7 Å². The van der Waals surface area contributed by atoms with Gasteiger partial charge < -0.3 is 14.8 Å². The van der Waals surface area contributed by atoms with Gasteiger partial charge in [-0.15, -0.1) is 0 Å². The van der Waals surface area contributed by atoms with E-state index in [1.807, 2.05) is 0 Å². The minimum atomic E-state index is -0.601. The zero-order chi connectivity index (χ0) is 23.5. The van der Waals surface area contributed by atoms with E-state index < -0.39 is 29.3 Å². The summed E-state index contributed by atoms with van der Waals surface area (Å²) in [5.74, 6) is -1.34. The zero-order valence-electron chi connectivity index (χ0n) is 17.3. The maximum absolute atomic E-state index is 12.7. The van der Waals surface area contributed by atoms with Crippen LogP contribution in [0.25, 0.3) is 0 Å². The van der Waals surface area contributed by atoms with Crippen LogP contribution in [0.2, 0.25) is 0 Å². The van der Waals surface area contributed by atoms with E-state index in [1.165, 1.54) is 43.5 Å². The van der Waals surface area contributed by atoms with Crippen LogP contribution in [0.3, 0.4) is 0 Å². The van der Waals surface area contributed by atoms with E-state index in [1.54, 1.807) is 30.3 Å². The van der Waals surface area contributed by atoms with E-state index in [9.17, 15) is 24.5 Å². The van der Waals surface area contributed by atoms with E-state index in [0.717, 1.165) is 4.90 Å². The van der Waals surface area contributed by atoms with Crippen LogP contribution in [-0.4, -0.2) is 36.4 Å². The van der Waals surface area contributed by atoms with Gasteiger partial charge in [-0.25, -0.2) is 4.90 Å². The number of nitro groups is 1. The summed E-state index contributed by atoms with van der Waals surface area (Å²) < 4.78 is 10.6. The molecule has 3 amide bonds. The number of hydrogen-bond donors (Lipinski definition) is 1. The normalized spacial score (nSPS) is 12.3. The van der Waals surface area contributed by atoms with Crippen molar-refractivity contribution in [1.82, 2.24) is 0 Å². The van der Waals surface area contributed by atoms with Gasteiger partial charge in [0, 0.05) is 17.8 Å². The Morgan fingerprint density at radius 1 is 0.970 bits per heavy atom. The van der Waals surface area contributed by atoms with Gasteiger partial charge in [-0.3, -0.25) is 24.5 Å². The summed E-state index contributed by atoms with van der Waals surface area (Å²) in [5, 5.41) is 13.6. The Morgan fingerprint density at radius 2 is 1.61 bits per heavy atom. The Hall–Kier alpha value is -4.73. The third-order valence-electron chi connectivity index (χ3n) is 4.92. The molecular weight excluding hydrogens is 430 g/mol. The van der Waals surface area contributed by atoms with E-state index in [0.29, 0.717) is 16.8 Å². The topological polar surface area (TPSA) is 128 Å². The number of imide groups is 1. The first-order valence-corrected chi connectivity index (χ1v) is 9.72. The van der Waals surface area contributed by atoms with Crippen LogP contribution in [0, 0.1) is 10.1 Å². The number of ether oxygens (including phenoxy) is 2. The molecule has 1 heterocycles. The number of nitrogens with zero attached hydrogens (tertiary/aromatic N) is 2. The molecule has 166 valence electrons. The van der Waals surface area contributed by atoms with Crippen molar-refractivity contribution in [2.24, 2.45) is 0 Å². The lowest BCUT2D eigenvalue weighted by molar-refractivity contribution is -0.385. The number of carbonyl (C=O) groups excluding carboxylic acids is 3. The van der Waals surface area contributed by atoms with E-state index >= 15 is 0 Å². The molecule has 3 aromatic carbocycles. The average molecular weight is 447 g/mol. The van der Waals surface area contributed by atoms with Crippen molar-refractivity contribution in [3.63, 3.8) is 0 Å². The number of hydrogen-bond acceptors (Lipinski definition) is 7. The minimum Gasteiger partial charge on any atom is -0.494 e. The number of amides is 3. The monoisotopic (exact) mass is 447 g/mol. The predicted octanol–water partition coefficient (Wildman–Crippen LogP) is 3.42. The summed E-state index contributed by atoms with van der Waals surface area (Å²) in [7, 11) is 1.38. The Bertz CT molecular complexity index is 1250. The lowest BCUT2D eigenvalue weighted by Crippen LogP contribution is -2.29. The fourth-order valence-electron chi connectivity index (χ4n) is 3.42. The molecule has 0 unspecified atom stereocenters. The van der Waals surface area contributed by atoms with E-state index in [4.69, 9.17) is 9.47 Å². The summed E-state index contributed by atoms with van der Waals surface area (Å²) in [5.41, 5.74) is 0.904. The minimum absolute atomic E-state index is 0.0313. The van der Waals surface area contributed by atoms with Crippen molar-refractivity contribution in [2.75, 3.05) is 23.9 Å². The van der Waals surface area contributed by atoms with Crippen molar-refractivity contribution in [1.29, 1.82) is 0 Å². The lowest BCUT2D eigenvalue weighted by atomic mass is 10.1. The van der Waals surface area contributed by atoms with Gasteiger partial charge in [0.15, 0.2) is 12.4 Å². The Kier molecular flexibility index (Phi) is 5.73. The van der Waals surface area contributed by atoms with E-state index in [-0.39, 0.29) is 22.9 Å². The van der Waals surface area contributed by atoms with Gasteiger partial charge in [-0.05, 0) is 30.3 Å². The highest BCUT2D eigenvalue weighted by molar-refractivity contribution is 6.34. The smallest absolute Gasteiger partial charge is 0.310 e. The second kappa shape index (κ2) is 8.79. The molecule has 33 heavy (non-hydrogen) atoms. The highest BCUT2D eigenvalue weighted by atomic mass is 16.6. The predicted molar refractivity (Wildman–Crippen MR) is 118 cm³/mol. The number of methoxy groups -OCH3 is 1. The summed E-state index contributed by atoms with van der Waals surface area (Å²) in [6.07, 6.45) is 0. The molecule has 10 heteroatoms. The molecule has 0 saturated heterocycles. The molecule has 4 rings (SSSR count). The maximum Gasteiger partial charge on any atom is 0.310 e. The van der Waals surface area contributed by atoms with Crippen molar-refractivity contribution in [3.05, 3.63) is 88.0 Å². The second-order valence-corrected chi connectivity index (χ2v) is 6.94. The second-order valence-electron chi connectivity index (χ2n) is 6.94. The molecule has 0 radical (unpaired) electrons. The van der Waals surface area contributed by atoms with Gasteiger partial charge in [0.2, 0.25) is 0 Å². The maximum atomic E-state index is 12.7. The fraction of sp³-hybridized carbons (Fsp3) is 0.0870. The Morgan fingerprint density at radius 3 is 2.24 bits per heavy atom. The van der Waals surface area contributed by atoms with Crippen LogP contribution in [0.4, 0.5) is 17.1 Å². The van der Waals surface area contributed by atoms with Crippen molar-refractivity contribution < 1.29 is 28.8 Å². The van der Waals surface area contributed by atoms with Crippen LogP contribution in [-0.2, 0) is 4.79 Å². The molecule has 0 aliphatic carbocycles. The largest absolute Gasteiger partial charge is 0.494 e. The molecule has 0 bridgehead atoms. The number of rotatable bonds is 7. The van der Waals surface area contributed by atoms with Gasteiger partial charge in [0.05, 0.1) is 28.8 Å². The Labute approximate surface area is 187 Å². The molecular formula is C23H17N3O7. The van der Waals surface area contributed by atoms with Gasteiger partial charge in [0.25, 0.3) is 17.7 Å². The highest BCUT2D eigenvalue weighted by Crippen LogP contribution is 2.36. The number of para-hydroxylation sites is 2. The van der Waals surface area contributed by atoms with Gasteiger partial charge >= 0.3 is 5.69 Å². The van der Waals surface area contributed by atoms with Gasteiger partial charge in [-0.1, -0.05) is 24.3 Å². The SMILES string of the molecule is COc1cc(NC(=O)COc2ccccc2[N+](=O)[O-])ccc1N1C(=O)c2ccccc2C1=O. The van der Waals surface area contributed by atoms with E-state index in [2.05, 4.69) is 5.32 Å². The van der Waals surface area contributed by atoms with Gasteiger partial charge in [0.1, 0.15) is 5.75 Å².